The zero-order valence-corrected chi connectivity index (χ0v) is 21.1. The molecule has 6 saturated carbocycles. The largest absolute Gasteiger partial charge is 0.344 e. The molecule has 7 aliphatic rings. The quantitative estimate of drug-likeness (QED) is 0.403. The Bertz CT molecular complexity index is 1270. The average Bonchev–Trinajstić information content (AvgIpc) is 3.48. The summed E-state index contributed by atoms with van der Waals surface area (Å²) < 4.78 is 0. The van der Waals surface area contributed by atoms with Gasteiger partial charge in [-0.3, -0.25) is 0 Å². The maximum atomic E-state index is 4.86. The van der Waals surface area contributed by atoms with E-state index in [2.05, 4.69) is 51.9 Å². The van der Waals surface area contributed by atoms with Crippen molar-refractivity contribution in [3.8, 4) is 11.3 Å². The summed E-state index contributed by atoms with van der Waals surface area (Å²) in [6, 6.07) is 10.7. The lowest BCUT2D eigenvalue weighted by Crippen LogP contribution is -2.46. The van der Waals surface area contributed by atoms with E-state index in [4.69, 9.17) is 9.97 Å². The minimum absolute atomic E-state index is 0.321. The van der Waals surface area contributed by atoms with Crippen molar-refractivity contribution in [2.24, 2.45) is 17.8 Å². The second-order valence-electron chi connectivity index (χ2n) is 13.5. The van der Waals surface area contributed by atoms with E-state index in [0.717, 1.165) is 23.8 Å². The van der Waals surface area contributed by atoms with Crippen LogP contribution in [0.25, 0.3) is 11.3 Å². The molecule has 6 aliphatic carbocycles. The number of nitrogens with zero attached hydrogens (tertiary/aromatic N) is 2. The molecule has 5 heteroatoms. The van der Waals surface area contributed by atoms with E-state index in [9.17, 15) is 0 Å². The van der Waals surface area contributed by atoms with Gasteiger partial charge in [0, 0.05) is 29.3 Å². The van der Waals surface area contributed by atoms with Crippen molar-refractivity contribution in [2.75, 3.05) is 0 Å². The van der Waals surface area contributed by atoms with Gasteiger partial charge in [-0.05, 0) is 105 Å². The van der Waals surface area contributed by atoms with E-state index in [-0.39, 0.29) is 0 Å². The Hall–Kier alpha value is -2.40. The van der Waals surface area contributed by atoms with Gasteiger partial charge < -0.3 is 15.3 Å². The van der Waals surface area contributed by atoms with Gasteiger partial charge in [0.2, 0.25) is 0 Å². The van der Waals surface area contributed by atoms with E-state index in [0.29, 0.717) is 22.8 Å². The molecule has 1 unspecified atom stereocenters. The van der Waals surface area contributed by atoms with Gasteiger partial charge in [0.25, 0.3) is 0 Å². The van der Waals surface area contributed by atoms with Crippen LogP contribution in [0.2, 0.25) is 0 Å². The molecular weight excluding hydrogens is 442 g/mol. The Morgan fingerprint density at radius 2 is 1.39 bits per heavy atom. The third kappa shape index (κ3) is 3.04. The third-order valence-electron chi connectivity index (χ3n) is 11.7. The second kappa shape index (κ2) is 7.12. The standard InChI is InChI=1S/C31H37N5/c1-3-23(4-2-18(1)26-16-32-28(35-26)22-12-19-11-20(19)13-22)30-5-8-31(9-6-30,10-7-30)27-17-33-29(36-27)25-15-21-14-24(21)34-25/h1-4,16-17,19-22,24-25,34H,5-15H2,(H,32,35)(H,33,36)/t19-,20+,21-,22?,24-,25+,30?,31?/m1/s1. The Kier molecular flexibility index (Phi) is 4.08. The van der Waals surface area contributed by atoms with Crippen LogP contribution in [0.15, 0.2) is 36.7 Å². The third-order valence-corrected chi connectivity index (χ3v) is 11.7. The lowest BCUT2D eigenvalue weighted by molar-refractivity contribution is 0.0989. The van der Waals surface area contributed by atoms with Gasteiger partial charge in [-0.1, -0.05) is 24.3 Å². The molecule has 36 heavy (non-hydrogen) atoms. The van der Waals surface area contributed by atoms with E-state index in [1.165, 1.54) is 99.2 Å². The van der Waals surface area contributed by atoms with Gasteiger partial charge >= 0.3 is 0 Å². The highest BCUT2D eigenvalue weighted by Gasteiger charge is 2.52. The maximum absolute atomic E-state index is 4.86. The lowest BCUT2D eigenvalue weighted by atomic mass is 9.51. The molecule has 3 heterocycles. The first-order chi connectivity index (χ1) is 17.7. The second-order valence-corrected chi connectivity index (χ2v) is 13.5. The molecule has 0 amide bonds. The number of rotatable bonds is 5. The van der Waals surface area contributed by atoms with E-state index in [1.54, 1.807) is 5.56 Å². The van der Waals surface area contributed by atoms with Crippen molar-refractivity contribution >= 4 is 0 Å². The summed E-state index contributed by atoms with van der Waals surface area (Å²) in [4.78, 5) is 17.1. The fraction of sp³-hybridized carbons (Fsp3) is 0.613. The molecule has 0 radical (unpaired) electrons. The number of hydrogen-bond donors (Lipinski definition) is 3. The molecule has 1 aliphatic heterocycles. The summed E-state index contributed by atoms with van der Waals surface area (Å²) in [6.07, 6.45) is 18.8. The maximum Gasteiger partial charge on any atom is 0.123 e. The van der Waals surface area contributed by atoms with Crippen molar-refractivity contribution in [1.82, 2.24) is 25.3 Å². The number of benzene rings is 1. The van der Waals surface area contributed by atoms with Crippen LogP contribution < -0.4 is 5.32 Å². The number of fused-ring (bicyclic) bond motifs is 5. The molecule has 10 rings (SSSR count). The molecule has 3 N–H and O–H groups in total. The minimum atomic E-state index is 0.321. The van der Waals surface area contributed by atoms with Crippen molar-refractivity contribution < 1.29 is 0 Å². The topological polar surface area (TPSA) is 69.4 Å². The molecule has 0 spiro atoms. The highest BCUT2D eigenvalue weighted by molar-refractivity contribution is 5.59. The minimum Gasteiger partial charge on any atom is -0.344 e. The predicted molar refractivity (Wildman–Crippen MR) is 140 cm³/mol. The van der Waals surface area contributed by atoms with Crippen LogP contribution in [0.4, 0.5) is 0 Å². The monoisotopic (exact) mass is 479 g/mol. The highest BCUT2D eigenvalue weighted by atomic mass is 15.1. The molecule has 5 nitrogen and oxygen atoms in total. The number of piperidine rings is 1. The summed E-state index contributed by atoms with van der Waals surface area (Å²) >= 11 is 0. The molecule has 3 aromatic rings. The highest BCUT2D eigenvalue weighted by Crippen LogP contribution is 2.59. The van der Waals surface area contributed by atoms with Gasteiger partial charge in [0.15, 0.2) is 0 Å². The van der Waals surface area contributed by atoms with E-state index in [1.807, 2.05) is 0 Å². The Balaban J connectivity index is 0.902. The zero-order valence-electron chi connectivity index (χ0n) is 21.1. The Morgan fingerprint density at radius 1 is 0.667 bits per heavy atom. The summed E-state index contributed by atoms with van der Waals surface area (Å²) in [5.41, 5.74) is 6.11. The predicted octanol–water partition coefficient (Wildman–Crippen LogP) is 6.28. The first-order valence-electron chi connectivity index (χ1n) is 14.6. The van der Waals surface area contributed by atoms with Crippen molar-refractivity contribution in [2.45, 2.75) is 99.5 Å². The van der Waals surface area contributed by atoms with Crippen LogP contribution in [0.3, 0.4) is 0 Å². The number of H-pyrrole nitrogens is 2. The molecule has 1 saturated heterocycles. The van der Waals surface area contributed by atoms with Crippen molar-refractivity contribution in [3.05, 3.63) is 59.6 Å². The first-order valence-corrected chi connectivity index (χ1v) is 14.6. The van der Waals surface area contributed by atoms with E-state index < -0.39 is 0 Å². The molecule has 2 bridgehead atoms. The summed E-state index contributed by atoms with van der Waals surface area (Å²) in [5.74, 6) is 5.98. The molecule has 7 fully saturated rings. The van der Waals surface area contributed by atoms with Crippen LogP contribution in [0, 0.1) is 17.8 Å². The molecule has 186 valence electrons. The summed E-state index contributed by atoms with van der Waals surface area (Å²) in [6.45, 7) is 0. The van der Waals surface area contributed by atoms with E-state index >= 15 is 0 Å². The molecule has 2 aromatic heterocycles. The lowest BCUT2D eigenvalue weighted by Gasteiger charge is -2.53. The molecule has 6 atom stereocenters. The van der Waals surface area contributed by atoms with Gasteiger partial charge in [-0.15, -0.1) is 0 Å². The van der Waals surface area contributed by atoms with Crippen LogP contribution >= 0.6 is 0 Å². The molecular formula is C31H37N5. The zero-order chi connectivity index (χ0) is 23.5. The van der Waals surface area contributed by atoms with Crippen LogP contribution in [-0.2, 0) is 10.8 Å². The Morgan fingerprint density at radius 3 is 2.11 bits per heavy atom. The summed E-state index contributed by atoms with van der Waals surface area (Å²) in [7, 11) is 0. The van der Waals surface area contributed by atoms with Crippen LogP contribution in [0.5, 0.6) is 0 Å². The number of imidazole rings is 2. The SMILES string of the molecule is c1cc(C23CCC(c4cnc([C@@H]5C[C@H]6C[C@H]6N5)[nH]4)(CC2)CC3)ccc1-c1cnc(C2C[C@@H]3C[C@@H]3C2)[nH]1. The summed E-state index contributed by atoms with van der Waals surface area (Å²) in [5, 5.41) is 3.76. The number of aromatic amines is 2. The van der Waals surface area contributed by atoms with Crippen molar-refractivity contribution in [1.29, 1.82) is 0 Å². The fourth-order valence-electron chi connectivity index (χ4n) is 8.97. The van der Waals surface area contributed by atoms with Gasteiger partial charge in [-0.25, -0.2) is 9.97 Å². The Labute approximate surface area is 213 Å². The van der Waals surface area contributed by atoms with Gasteiger partial charge in [-0.2, -0.15) is 0 Å². The van der Waals surface area contributed by atoms with Gasteiger partial charge in [0.05, 0.1) is 17.9 Å². The smallest absolute Gasteiger partial charge is 0.123 e. The first kappa shape index (κ1) is 20.6. The van der Waals surface area contributed by atoms with Crippen molar-refractivity contribution in [3.63, 3.8) is 0 Å². The number of aromatic nitrogens is 4. The normalized spacial score (nSPS) is 41.9. The number of hydrogen-bond acceptors (Lipinski definition) is 3. The average molecular weight is 480 g/mol. The molecule has 1 aromatic carbocycles. The van der Waals surface area contributed by atoms with Gasteiger partial charge in [0.1, 0.15) is 11.6 Å². The fourth-order valence-corrected chi connectivity index (χ4v) is 8.97. The van der Waals surface area contributed by atoms with Crippen LogP contribution in [0.1, 0.15) is 105 Å². The number of nitrogens with one attached hydrogen (secondary N) is 3. The van der Waals surface area contributed by atoms with Crippen LogP contribution in [-0.4, -0.2) is 26.0 Å².